The van der Waals surface area contributed by atoms with Gasteiger partial charge in [-0.3, -0.25) is 0 Å². The largest absolute Gasteiger partial charge is 0.311 e. The predicted octanol–water partition coefficient (Wildman–Crippen LogP) is 0.925. The van der Waals surface area contributed by atoms with E-state index in [1.807, 2.05) is 24.6 Å². The highest BCUT2D eigenvalue weighted by molar-refractivity contribution is 7.10. The van der Waals surface area contributed by atoms with Crippen molar-refractivity contribution < 1.29 is 0 Å². The van der Waals surface area contributed by atoms with Crippen LogP contribution in [0.25, 0.3) is 0 Å². The van der Waals surface area contributed by atoms with Gasteiger partial charge in [0.1, 0.15) is 0 Å². The molecule has 0 saturated carbocycles. The van der Waals surface area contributed by atoms with Gasteiger partial charge < -0.3 is 11.1 Å². The maximum atomic E-state index is 5.64. The third-order valence-corrected chi connectivity index (χ3v) is 2.12. The summed E-state index contributed by atoms with van der Waals surface area (Å²) in [7, 11) is 1.85. The number of rotatable bonds is 2. The Kier molecular flexibility index (Phi) is 2.22. The molecule has 3 heteroatoms. The van der Waals surface area contributed by atoms with E-state index in [-0.39, 0.29) is 6.17 Å². The van der Waals surface area contributed by atoms with E-state index in [4.69, 9.17) is 5.73 Å². The van der Waals surface area contributed by atoms with Crippen molar-refractivity contribution in [2.24, 2.45) is 5.73 Å². The lowest BCUT2D eigenvalue weighted by Gasteiger charge is -2.05. The second-order valence-corrected chi connectivity index (χ2v) is 2.76. The van der Waals surface area contributed by atoms with E-state index >= 15 is 0 Å². The Labute approximate surface area is 58.7 Å². The van der Waals surface area contributed by atoms with Crippen LogP contribution in [0.3, 0.4) is 0 Å². The second-order valence-electron chi connectivity index (χ2n) is 1.78. The van der Waals surface area contributed by atoms with Crippen LogP contribution in [0.4, 0.5) is 0 Å². The molecule has 9 heavy (non-hydrogen) atoms. The van der Waals surface area contributed by atoms with Crippen LogP contribution in [0.15, 0.2) is 17.5 Å². The molecule has 50 valence electrons. The monoisotopic (exact) mass is 142 g/mol. The minimum Gasteiger partial charge on any atom is -0.311 e. The van der Waals surface area contributed by atoms with Crippen LogP contribution < -0.4 is 11.1 Å². The summed E-state index contributed by atoms with van der Waals surface area (Å²) < 4.78 is 0. The summed E-state index contributed by atoms with van der Waals surface area (Å²) in [5.41, 5.74) is 5.64. The lowest BCUT2D eigenvalue weighted by molar-refractivity contribution is 0.633. The van der Waals surface area contributed by atoms with Crippen LogP contribution in [-0.4, -0.2) is 7.05 Å². The molecule has 0 aliphatic heterocycles. The molecule has 3 N–H and O–H groups in total. The predicted molar refractivity (Wildman–Crippen MR) is 40.3 cm³/mol. The van der Waals surface area contributed by atoms with E-state index in [0.29, 0.717) is 0 Å². The summed E-state index contributed by atoms with van der Waals surface area (Å²) >= 11 is 1.67. The second kappa shape index (κ2) is 2.96. The molecule has 0 aliphatic rings. The standard InChI is InChI=1S/C6H10N2S/c1-8-6(7)5-3-2-4-9-5/h2-4,6,8H,7H2,1H3. The molecule has 0 bridgehead atoms. The van der Waals surface area contributed by atoms with E-state index in [1.54, 1.807) is 11.3 Å². The molecule has 1 aromatic heterocycles. The molecular weight excluding hydrogens is 132 g/mol. The Balaban J connectivity index is 2.65. The highest BCUT2D eigenvalue weighted by atomic mass is 32.1. The van der Waals surface area contributed by atoms with Crippen molar-refractivity contribution in [2.75, 3.05) is 7.05 Å². The Hall–Kier alpha value is -0.380. The molecule has 1 rings (SSSR count). The Morgan fingerprint density at radius 3 is 3.00 bits per heavy atom. The third-order valence-electron chi connectivity index (χ3n) is 1.16. The van der Waals surface area contributed by atoms with Crippen molar-refractivity contribution in [3.05, 3.63) is 22.4 Å². The smallest absolute Gasteiger partial charge is 0.0902 e. The fraction of sp³-hybridized carbons (Fsp3) is 0.333. The van der Waals surface area contributed by atoms with E-state index in [0.717, 1.165) is 0 Å². The fourth-order valence-electron chi connectivity index (χ4n) is 0.610. The van der Waals surface area contributed by atoms with Crippen LogP contribution in [0, 0.1) is 0 Å². The summed E-state index contributed by atoms with van der Waals surface area (Å²) in [5, 5.41) is 4.98. The zero-order valence-electron chi connectivity index (χ0n) is 5.29. The van der Waals surface area contributed by atoms with Crippen molar-refractivity contribution in [2.45, 2.75) is 6.17 Å². The van der Waals surface area contributed by atoms with Gasteiger partial charge in [0.05, 0.1) is 6.17 Å². The lowest BCUT2D eigenvalue weighted by atomic mass is 10.4. The summed E-state index contributed by atoms with van der Waals surface area (Å²) in [6.07, 6.45) is 0.00463. The minimum atomic E-state index is 0.00463. The van der Waals surface area contributed by atoms with Crippen molar-refractivity contribution in [1.29, 1.82) is 0 Å². The highest BCUT2D eigenvalue weighted by Crippen LogP contribution is 2.13. The molecular formula is C6H10N2S. The van der Waals surface area contributed by atoms with Crippen LogP contribution in [-0.2, 0) is 0 Å². The van der Waals surface area contributed by atoms with Gasteiger partial charge >= 0.3 is 0 Å². The molecule has 1 aromatic rings. The molecule has 0 spiro atoms. The first-order chi connectivity index (χ1) is 4.34. The third kappa shape index (κ3) is 1.51. The van der Waals surface area contributed by atoms with E-state index in [2.05, 4.69) is 5.32 Å². The van der Waals surface area contributed by atoms with Gasteiger partial charge in [-0.1, -0.05) is 6.07 Å². The number of thiophene rings is 1. The summed E-state index contributed by atoms with van der Waals surface area (Å²) in [6.45, 7) is 0. The van der Waals surface area contributed by atoms with E-state index in [1.165, 1.54) is 4.88 Å². The maximum Gasteiger partial charge on any atom is 0.0902 e. The van der Waals surface area contributed by atoms with Gasteiger partial charge in [-0.2, -0.15) is 0 Å². The van der Waals surface area contributed by atoms with Gasteiger partial charge in [0.15, 0.2) is 0 Å². The first-order valence-electron chi connectivity index (χ1n) is 2.81. The van der Waals surface area contributed by atoms with Gasteiger partial charge in [-0.15, -0.1) is 11.3 Å². The summed E-state index contributed by atoms with van der Waals surface area (Å²) in [5.74, 6) is 0. The topological polar surface area (TPSA) is 38.0 Å². The zero-order valence-corrected chi connectivity index (χ0v) is 6.11. The van der Waals surface area contributed by atoms with Crippen LogP contribution in [0.5, 0.6) is 0 Å². The molecule has 0 aromatic carbocycles. The first-order valence-corrected chi connectivity index (χ1v) is 3.69. The van der Waals surface area contributed by atoms with Gasteiger partial charge in [-0.05, 0) is 18.5 Å². The maximum absolute atomic E-state index is 5.64. The molecule has 0 aliphatic carbocycles. The Bertz CT molecular complexity index is 160. The highest BCUT2D eigenvalue weighted by Gasteiger charge is 2.00. The molecule has 0 saturated heterocycles. The number of hydrogen-bond acceptors (Lipinski definition) is 3. The number of nitrogens with one attached hydrogen (secondary N) is 1. The average Bonchev–Trinajstić information content (AvgIpc) is 2.37. The number of nitrogens with two attached hydrogens (primary N) is 1. The Morgan fingerprint density at radius 1 is 1.78 bits per heavy atom. The van der Waals surface area contributed by atoms with Crippen LogP contribution >= 0.6 is 11.3 Å². The van der Waals surface area contributed by atoms with Gasteiger partial charge in [0, 0.05) is 4.88 Å². The van der Waals surface area contributed by atoms with Gasteiger partial charge in [-0.25, -0.2) is 0 Å². The average molecular weight is 142 g/mol. The lowest BCUT2D eigenvalue weighted by Crippen LogP contribution is -2.23. The van der Waals surface area contributed by atoms with Crippen molar-refractivity contribution in [1.82, 2.24) is 5.32 Å². The molecule has 0 radical (unpaired) electrons. The molecule has 2 nitrogen and oxygen atoms in total. The fourth-order valence-corrected chi connectivity index (χ4v) is 1.35. The Morgan fingerprint density at radius 2 is 2.56 bits per heavy atom. The van der Waals surface area contributed by atoms with Crippen molar-refractivity contribution in [3.8, 4) is 0 Å². The normalized spacial score (nSPS) is 13.6. The molecule has 1 atom stereocenters. The molecule has 1 unspecified atom stereocenters. The molecule has 0 amide bonds. The van der Waals surface area contributed by atoms with Crippen molar-refractivity contribution >= 4 is 11.3 Å². The van der Waals surface area contributed by atoms with Crippen LogP contribution in [0.2, 0.25) is 0 Å². The number of hydrogen-bond donors (Lipinski definition) is 2. The van der Waals surface area contributed by atoms with E-state index < -0.39 is 0 Å². The quantitative estimate of drug-likeness (QED) is 0.603. The minimum absolute atomic E-state index is 0.00463. The van der Waals surface area contributed by atoms with E-state index in [9.17, 15) is 0 Å². The SMILES string of the molecule is CNC(N)c1cccs1. The molecule has 0 fully saturated rings. The van der Waals surface area contributed by atoms with Crippen molar-refractivity contribution in [3.63, 3.8) is 0 Å². The molecule has 1 heterocycles. The zero-order chi connectivity index (χ0) is 6.69. The van der Waals surface area contributed by atoms with Gasteiger partial charge in [0.2, 0.25) is 0 Å². The summed E-state index contributed by atoms with van der Waals surface area (Å²) in [6, 6.07) is 4.02. The van der Waals surface area contributed by atoms with Gasteiger partial charge in [0.25, 0.3) is 0 Å². The summed E-state index contributed by atoms with van der Waals surface area (Å²) in [4.78, 5) is 1.18. The first kappa shape index (κ1) is 6.74. The van der Waals surface area contributed by atoms with Crippen LogP contribution in [0.1, 0.15) is 11.0 Å².